The highest BCUT2D eigenvalue weighted by Gasteiger charge is 2.59. The average Bonchev–Trinajstić information content (AvgIpc) is 3.72. The van der Waals surface area contributed by atoms with Gasteiger partial charge in [0.15, 0.2) is 23.0 Å². The van der Waals surface area contributed by atoms with Gasteiger partial charge in [-0.25, -0.2) is 4.79 Å². The van der Waals surface area contributed by atoms with E-state index in [1.807, 2.05) is 6.07 Å². The number of aromatic amines is 1. The first-order valence-electron chi connectivity index (χ1n) is 15.1. The van der Waals surface area contributed by atoms with Gasteiger partial charge < -0.3 is 70.2 Å². The molecular weight excluding hydrogens is 632 g/mol. The highest BCUT2D eigenvalue weighted by atomic mass is 16.7. The van der Waals surface area contributed by atoms with E-state index in [0.717, 1.165) is 5.69 Å². The van der Waals surface area contributed by atoms with Gasteiger partial charge in [-0.3, -0.25) is 4.79 Å². The fourth-order valence-electron chi connectivity index (χ4n) is 6.02. The monoisotopic (exact) mass is 668 g/mol. The number of ether oxygens (including phenoxy) is 4. The summed E-state index contributed by atoms with van der Waals surface area (Å²) in [5.41, 5.74) is 4.03. The summed E-state index contributed by atoms with van der Waals surface area (Å²) < 4.78 is 28.3. The number of fused-ring (bicyclic) bond motifs is 1. The molecule has 6 unspecified atom stereocenters. The molecule has 4 aromatic rings. The molecule has 0 radical (unpaired) electrons. The Bertz CT molecular complexity index is 1840. The van der Waals surface area contributed by atoms with Crippen molar-refractivity contribution in [2.45, 2.75) is 49.1 Å². The molecule has 2 saturated heterocycles. The number of carboxylic acid groups (broad SMARTS) is 1. The number of hydrogen-bond donors (Lipinski definition) is 9. The third kappa shape index (κ3) is 6.36. The Morgan fingerprint density at radius 1 is 1.15 bits per heavy atom. The molecule has 6 atom stereocenters. The lowest BCUT2D eigenvalue weighted by molar-refractivity contribution is -0.306. The molecule has 10 N–H and O–H groups in total. The quantitative estimate of drug-likeness (QED) is 0.104. The molecule has 0 aliphatic carbocycles. The molecular formula is C32H36N4O12. The molecule has 16 nitrogen and oxygen atoms in total. The van der Waals surface area contributed by atoms with Crippen molar-refractivity contribution >= 4 is 22.8 Å². The van der Waals surface area contributed by atoms with Gasteiger partial charge in [0.2, 0.25) is 12.0 Å². The highest BCUT2D eigenvalue weighted by Crippen LogP contribution is 2.44. The predicted molar refractivity (Wildman–Crippen MR) is 169 cm³/mol. The van der Waals surface area contributed by atoms with Crippen LogP contribution in [0.2, 0.25) is 0 Å². The van der Waals surface area contributed by atoms with Gasteiger partial charge in [0.05, 0.1) is 13.7 Å². The van der Waals surface area contributed by atoms with Crippen molar-refractivity contribution in [3.63, 3.8) is 0 Å². The lowest BCUT2D eigenvalue weighted by Gasteiger charge is -2.47. The van der Waals surface area contributed by atoms with Crippen LogP contribution in [0.25, 0.3) is 22.3 Å². The number of nitrogens with one attached hydrogen (secondary N) is 3. The number of carboxylic acids is 1. The number of aromatic nitrogens is 1. The Balaban J connectivity index is 1.25. The third-order valence-electron chi connectivity index (χ3n) is 8.45. The van der Waals surface area contributed by atoms with Crippen LogP contribution >= 0.6 is 0 Å². The molecule has 2 aromatic heterocycles. The fraction of sp³-hybridized carbons (Fsp3) is 0.375. The molecule has 0 saturated carbocycles. The van der Waals surface area contributed by atoms with Crippen LogP contribution in [0, 0.1) is 0 Å². The number of aromatic hydroxyl groups is 1. The third-order valence-corrected chi connectivity index (χ3v) is 8.45. The largest absolute Gasteiger partial charge is 0.504 e. The number of aliphatic hydroxyl groups is 3. The molecule has 0 amide bonds. The van der Waals surface area contributed by atoms with Crippen molar-refractivity contribution in [3.8, 4) is 34.3 Å². The van der Waals surface area contributed by atoms with Crippen LogP contribution in [0.15, 0.2) is 57.7 Å². The number of phenols is 1. The number of nitrogens with two attached hydrogens (primary N) is 1. The van der Waals surface area contributed by atoms with E-state index in [0.29, 0.717) is 43.4 Å². The number of H-pyrrole nitrogens is 1. The number of aliphatic carboxylic acids is 1. The van der Waals surface area contributed by atoms with E-state index >= 15 is 0 Å². The summed E-state index contributed by atoms with van der Waals surface area (Å²) in [6.45, 7) is 1.20. The van der Waals surface area contributed by atoms with Crippen LogP contribution in [-0.4, -0.2) is 99.7 Å². The van der Waals surface area contributed by atoms with Gasteiger partial charge in [0.25, 0.3) is 0 Å². The number of methoxy groups -OCH3 is 1. The molecule has 2 aliphatic heterocycles. The Labute approximate surface area is 272 Å². The Kier molecular flexibility index (Phi) is 9.20. The molecule has 4 heterocycles. The minimum absolute atomic E-state index is 0.131. The zero-order valence-electron chi connectivity index (χ0n) is 25.7. The molecule has 16 heteroatoms. The van der Waals surface area contributed by atoms with Gasteiger partial charge in [-0.05, 0) is 42.8 Å². The van der Waals surface area contributed by atoms with Gasteiger partial charge >= 0.3 is 5.97 Å². The summed E-state index contributed by atoms with van der Waals surface area (Å²) in [6, 6.07) is 12.4. The number of carbonyl (C=O) groups is 1. The highest BCUT2D eigenvalue weighted by molar-refractivity contribution is 5.89. The Morgan fingerprint density at radius 3 is 2.56 bits per heavy atom. The molecule has 256 valence electrons. The topological polar surface area (TPSA) is 251 Å². The molecule has 6 rings (SSSR count). The number of aliphatic hydroxyl groups excluding tert-OH is 2. The van der Waals surface area contributed by atoms with E-state index in [2.05, 4.69) is 15.6 Å². The molecule has 48 heavy (non-hydrogen) atoms. The van der Waals surface area contributed by atoms with E-state index in [1.54, 1.807) is 30.3 Å². The first-order valence-corrected chi connectivity index (χ1v) is 15.1. The second-order valence-corrected chi connectivity index (χ2v) is 11.7. The first-order chi connectivity index (χ1) is 23.0. The molecule has 2 aromatic carbocycles. The Morgan fingerprint density at radius 2 is 1.92 bits per heavy atom. The van der Waals surface area contributed by atoms with Crippen LogP contribution in [0.5, 0.6) is 23.0 Å². The number of benzene rings is 2. The van der Waals surface area contributed by atoms with Crippen molar-refractivity contribution < 1.29 is 53.7 Å². The van der Waals surface area contributed by atoms with Gasteiger partial charge in [0.1, 0.15) is 46.1 Å². The minimum Gasteiger partial charge on any atom is -0.504 e. The van der Waals surface area contributed by atoms with Crippen molar-refractivity contribution in [1.82, 2.24) is 15.6 Å². The smallest absolute Gasteiger partial charge is 0.336 e. The summed E-state index contributed by atoms with van der Waals surface area (Å²) >= 11 is 0. The van der Waals surface area contributed by atoms with Crippen molar-refractivity contribution in [3.05, 3.63) is 64.4 Å². The maximum absolute atomic E-state index is 13.2. The van der Waals surface area contributed by atoms with Crippen LogP contribution in [0.1, 0.15) is 12.1 Å². The number of phenolic OH excluding ortho intramolecular Hbond substituents is 1. The summed E-state index contributed by atoms with van der Waals surface area (Å²) in [6.07, 6.45) is -7.45. The summed E-state index contributed by atoms with van der Waals surface area (Å²) in [7, 11) is 1.19. The van der Waals surface area contributed by atoms with E-state index in [9.17, 15) is 35.1 Å². The normalized spacial score (nSPS) is 25.6. The average molecular weight is 669 g/mol. The van der Waals surface area contributed by atoms with E-state index in [1.165, 1.54) is 19.2 Å². The molecule has 2 aliphatic rings. The maximum atomic E-state index is 13.2. The van der Waals surface area contributed by atoms with Crippen LogP contribution in [-0.2, 0) is 16.0 Å². The van der Waals surface area contributed by atoms with Crippen molar-refractivity contribution in [1.29, 1.82) is 0 Å². The number of rotatable bonds is 11. The van der Waals surface area contributed by atoms with Crippen molar-refractivity contribution in [2.24, 2.45) is 0 Å². The zero-order valence-corrected chi connectivity index (χ0v) is 25.7. The zero-order chi connectivity index (χ0) is 34.2. The number of hydrogen-bond acceptors (Lipinski definition) is 14. The first kappa shape index (κ1) is 33.1. The van der Waals surface area contributed by atoms with Gasteiger partial charge in [0, 0.05) is 49.1 Å². The molecule has 2 fully saturated rings. The number of nitrogen functional groups attached to an aromatic ring is 1. The van der Waals surface area contributed by atoms with Gasteiger partial charge in [-0.15, -0.1) is 0 Å². The second-order valence-electron chi connectivity index (χ2n) is 11.7. The SMILES string of the molecule is COc1c(OC2OC(C(=O)O)C(O)(CC3CNCN3)C(O)C2O)cc2oc(-c3ccc(OCCc4ccc(N)[nH]4)cc3)cc(=O)c2c1O. The summed E-state index contributed by atoms with van der Waals surface area (Å²) in [5.74, 6) is -1.60. The van der Waals surface area contributed by atoms with E-state index in [4.69, 9.17) is 29.1 Å². The summed E-state index contributed by atoms with van der Waals surface area (Å²) in [5, 5.41) is 59.9. The van der Waals surface area contributed by atoms with Gasteiger partial charge in [-0.1, -0.05) is 0 Å². The lowest BCUT2D eigenvalue weighted by Crippen LogP contribution is -2.70. The van der Waals surface area contributed by atoms with Crippen LogP contribution in [0.4, 0.5) is 5.82 Å². The summed E-state index contributed by atoms with van der Waals surface area (Å²) in [4.78, 5) is 28.4. The second kappa shape index (κ2) is 13.3. The van der Waals surface area contributed by atoms with Crippen LogP contribution < -0.4 is 36.0 Å². The van der Waals surface area contributed by atoms with Gasteiger partial charge in [-0.2, -0.15) is 0 Å². The molecule has 0 spiro atoms. The lowest BCUT2D eigenvalue weighted by atomic mass is 9.79. The van der Waals surface area contributed by atoms with E-state index in [-0.39, 0.29) is 34.6 Å². The minimum atomic E-state index is -2.39. The molecule has 0 bridgehead atoms. The van der Waals surface area contributed by atoms with Crippen LogP contribution in [0.3, 0.4) is 0 Å². The standard InChI is InChI=1S/C32H36N4O12/c1-44-27-22(47-31-26(39)28(40)32(43,29(48-31)30(41)42)12-17-13-34-14-35-17)11-21-24(25(27)38)19(37)10-20(46-21)15-2-5-18(6-3-15)45-9-8-16-4-7-23(33)36-16/h2-7,10-11,17,26,28-29,31,34-36,38-40,43H,8-9,12-14,33H2,1H3,(H,41,42). The maximum Gasteiger partial charge on any atom is 0.336 e. The predicted octanol–water partition coefficient (Wildman–Crippen LogP) is 0.256. The number of anilines is 1. The van der Waals surface area contributed by atoms with E-state index < -0.39 is 53.4 Å². The fourth-order valence-corrected chi connectivity index (χ4v) is 6.02. The Hall–Kier alpha value is -4.84. The van der Waals surface area contributed by atoms with Crippen molar-refractivity contribution in [2.75, 3.05) is 32.7 Å².